The minimum atomic E-state index is -0.0206. The van der Waals surface area contributed by atoms with Crippen molar-refractivity contribution in [2.24, 2.45) is 11.7 Å². The Morgan fingerprint density at radius 1 is 1.24 bits per heavy atom. The van der Waals surface area contributed by atoms with Crippen molar-refractivity contribution >= 4 is 0 Å². The maximum Gasteiger partial charge on any atom is 0.0974 e. The molecule has 1 aromatic carbocycles. The fraction of sp³-hybridized carbons (Fsp3) is 0.667. The highest BCUT2D eigenvalue weighted by Crippen LogP contribution is 2.44. The van der Waals surface area contributed by atoms with Crippen molar-refractivity contribution in [1.29, 1.82) is 0 Å². The summed E-state index contributed by atoms with van der Waals surface area (Å²) in [5.41, 5.74) is 7.91. The summed E-state index contributed by atoms with van der Waals surface area (Å²) in [6.45, 7) is 0.851. The molecule has 1 heterocycles. The van der Waals surface area contributed by atoms with E-state index >= 15 is 0 Å². The van der Waals surface area contributed by atoms with Crippen LogP contribution in [-0.4, -0.2) is 25.4 Å². The quantitative estimate of drug-likeness (QED) is 0.923. The molecule has 3 heteroatoms. The Labute approximate surface area is 127 Å². The second-order valence-corrected chi connectivity index (χ2v) is 6.64. The van der Waals surface area contributed by atoms with Crippen LogP contribution in [-0.2, 0) is 9.47 Å². The van der Waals surface area contributed by atoms with E-state index < -0.39 is 0 Å². The monoisotopic (exact) mass is 289 g/mol. The van der Waals surface area contributed by atoms with Gasteiger partial charge in [-0.05, 0) is 37.2 Å². The van der Waals surface area contributed by atoms with E-state index in [1.165, 1.54) is 31.2 Å². The van der Waals surface area contributed by atoms with E-state index in [-0.39, 0.29) is 17.7 Å². The zero-order valence-corrected chi connectivity index (χ0v) is 13.0. The molecule has 1 saturated carbocycles. The predicted molar refractivity (Wildman–Crippen MR) is 84.0 cm³/mol. The zero-order chi connectivity index (χ0) is 14.7. The first-order chi connectivity index (χ1) is 10.2. The van der Waals surface area contributed by atoms with Crippen LogP contribution >= 0.6 is 0 Å². The summed E-state index contributed by atoms with van der Waals surface area (Å²) in [4.78, 5) is 0. The fourth-order valence-corrected chi connectivity index (χ4v) is 4.17. The average Bonchev–Trinajstić information content (AvgIpc) is 2.97. The molecule has 3 rings (SSSR count). The van der Waals surface area contributed by atoms with Gasteiger partial charge >= 0.3 is 0 Å². The molecule has 3 nitrogen and oxygen atoms in total. The first-order valence-corrected chi connectivity index (χ1v) is 8.21. The molecule has 0 aromatic heterocycles. The summed E-state index contributed by atoms with van der Waals surface area (Å²) in [6, 6.07) is 10.4. The first-order valence-electron chi connectivity index (χ1n) is 8.21. The van der Waals surface area contributed by atoms with Crippen LogP contribution in [0.1, 0.15) is 50.2 Å². The molecule has 2 N–H and O–H groups in total. The van der Waals surface area contributed by atoms with Crippen LogP contribution in [0.5, 0.6) is 0 Å². The summed E-state index contributed by atoms with van der Waals surface area (Å²) in [7, 11) is 1.77. The van der Waals surface area contributed by atoms with Crippen molar-refractivity contribution < 1.29 is 9.47 Å². The van der Waals surface area contributed by atoms with E-state index in [0.29, 0.717) is 5.92 Å². The highest BCUT2D eigenvalue weighted by atomic mass is 16.5. The lowest BCUT2D eigenvalue weighted by molar-refractivity contribution is -0.104. The van der Waals surface area contributed by atoms with Crippen LogP contribution in [0.25, 0.3) is 0 Å². The average molecular weight is 289 g/mol. The molecule has 3 atom stereocenters. The van der Waals surface area contributed by atoms with Crippen LogP contribution in [0.4, 0.5) is 0 Å². The number of rotatable bonds is 4. The number of ether oxygens (including phenoxy) is 2. The maximum absolute atomic E-state index is 6.61. The molecule has 0 bridgehead atoms. The molecular weight excluding hydrogens is 262 g/mol. The van der Waals surface area contributed by atoms with E-state index in [9.17, 15) is 0 Å². The molecule has 0 radical (unpaired) electrons. The van der Waals surface area contributed by atoms with Gasteiger partial charge in [0.1, 0.15) is 0 Å². The van der Waals surface area contributed by atoms with Gasteiger partial charge in [0.2, 0.25) is 0 Å². The molecule has 21 heavy (non-hydrogen) atoms. The van der Waals surface area contributed by atoms with E-state index in [2.05, 4.69) is 24.3 Å². The largest absolute Gasteiger partial charge is 0.375 e. The maximum atomic E-state index is 6.61. The standard InChI is InChI=1S/C18H27NO2/c1-20-17(14-7-3-2-4-8-14)16(19)15-9-12-21-18(13-15)10-5-6-11-18/h2-4,7-8,15-17H,5-6,9-13,19H2,1H3. The van der Waals surface area contributed by atoms with E-state index in [0.717, 1.165) is 19.4 Å². The Bertz CT molecular complexity index is 442. The Balaban J connectivity index is 1.72. The molecule has 2 aliphatic rings. The third kappa shape index (κ3) is 3.15. The third-order valence-electron chi connectivity index (χ3n) is 5.32. The lowest BCUT2D eigenvalue weighted by Gasteiger charge is -2.42. The minimum absolute atomic E-state index is 0.0206. The summed E-state index contributed by atoms with van der Waals surface area (Å²) in [5, 5.41) is 0. The van der Waals surface area contributed by atoms with Crippen molar-refractivity contribution in [3.8, 4) is 0 Å². The molecule has 116 valence electrons. The predicted octanol–water partition coefficient (Wildman–Crippen LogP) is 3.44. The molecule has 1 aromatic rings. The summed E-state index contributed by atoms with van der Waals surface area (Å²) < 4.78 is 11.9. The zero-order valence-electron chi connectivity index (χ0n) is 13.0. The van der Waals surface area contributed by atoms with Gasteiger partial charge in [-0.2, -0.15) is 0 Å². The molecule has 1 saturated heterocycles. The van der Waals surface area contributed by atoms with Crippen LogP contribution < -0.4 is 5.73 Å². The lowest BCUT2D eigenvalue weighted by Crippen LogP contribution is -2.46. The van der Waals surface area contributed by atoms with E-state index in [4.69, 9.17) is 15.2 Å². The second kappa shape index (κ2) is 6.47. The topological polar surface area (TPSA) is 44.5 Å². The number of methoxy groups -OCH3 is 1. The highest BCUT2D eigenvalue weighted by Gasteiger charge is 2.42. The Kier molecular flexibility index (Phi) is 4.63. The molecule has 0 amide bonds. The normalized spacial score (nSPS) is 27.6. The molecule has 1 aliphatic heterocycles. The van der Waals surface area contributed by atoms with Crippen LogP contribution in [0.15, 0.2) is 30.3 Å². The van der Waals surface area contributed by atoms with Crippen LogP contribution in [0, 0.1) is 5.92 Å². The number of hydrogen-bond donors (Lipinski definition) is 1. The molecule has 2 fully saturated rings. The van der Waals surface area contributed by atoms with Gasteiger partial charge in [0.25, 0.3) is 0 Å². The van der Waals surface area contributed by atoms with Crippen molar-refractivity contribution in [3.63, 3.8) is 0 Å². The van der Waals surface area contributed by atoms with Crippen molar-refractivity contribution in [2.45, 2.75) is 56.3 Å². The smallest absolute Gasteiger partial charge is 0.0974 e. The number of hydrogen-bond acceptors (Lipinski definition) is 3. The SMILES string of the molecule is COC(c1ccccc1)C(N)C1CCOC2(CCCC2)C1. The summed E-state index contributed by atoms with van der Waals surface area (Å²) >= 11 is 0. The Hall–Kier alpha value is -0.900. The number of nitrogens with two attached hydrogens (primary N) is 1. The van der Waals surface area contributed by atoms with E-state index in [1.54, 1.807) is 7.11 Å². The fourth-order valence-electron chi connectivity index (χ4n) is 4.17. The van der Waals surface area contributed by atoms with Gasteiger partial charge in [0.15, 0.2) is 0 Å². The second-order valence-electron chi connectivity index (χ2n) is 6.64. The van der Waals surface area contributed by atoms with Gasteiger partial charge in [0, 0.05) is 19.8 Å². The van der Waals surface area contributed by atoms with Crippen molar-refractivity contribution in [1.82, 2.24) is 0 Å². The van der Waals surface area contributed by atoms with Crippen LogP contribution in [0.3, 0.4) is 0 Å². The minimum Gasteiger partial charge on any atom is -0.375 e. The van der Waals surface area contributed by atoms with Crippen molar-refractivity contribution in [3.05, 3.63) is 35.9 Å². The van der Waals surface area contributed by atoms with E-state index in [1.807, 2.05) is 6.07 Å². The Morgan fingerprint density at radius 2 is 1.95 bits per heavy atom. The highest BCUT2D eigenvalue weighted by molar-refractivity contribution is 5.19. The van der Waals surface area contributed by atoms with Gasteiger partial charge in [0.05, 0.1) is 11.7 Å². The molecule has 3 unspecified atom stereocenters. The van der Waals surface area contributed by atoms with Gasteiger partial charge in [-0.25, -0.2) is 0 Å². The number of benzene rings is 1. The van der Waals surface area contributed by atoms with Gasteiger partial charge < -0.3 is 15.2 Å². The van der Waals surface area contributed by atoms with Crippen LogP contribution in [0.2, 0.25) is 0 Å². The van der Waals surface area contributed by atoms with Crippen molar-refractivity contribution in [2.75, 3.05) is 13.7 Å². The van der Waals surface area contributed by atoms with Gasteiger partial charge in [-0.3, -0.25) is 0 Å². The summed E-state index contributed by atoms with van der Waals surface area (Å²) in [5.74, 6) is 0.488. The molecule has 1 spiro atoms. The van der Waals surface area contributed by atoms with Gasteiger partial charge in [-0.15, -0.1) is 0 Å². The third-order valence-corrected chi connectivity index (χ3v) is 5.32. The first kappa shape index (κ1) is 15.0. The van der Waals surface area contributed by atoms with Gasteiger partial charge in [-0.1, -0.05) is 43.2 Å². The molecule has 1 aliphatic carbocycles. The lowest BCUT2D eigenvalue weighted by atomic mass is 9.78. The Morgan fingerprint density at radius 3 is 2.62 bits per heavy atom. The molecular formula is C18H27NO2. The summed E-state index contributed by atoms with van der Waals surface area (Å²) in [6.07, 6.45) is 7.14.